The van der Waals surface area contributed by atoms with Crippen LogP contribution in [0.25, 0.3) is 0 Å². The quantitative estimate of drug-likeness (QED) is 0.735. The van der Waals surface area contributed by atoms with E-state index in [1.807, 2.05) is 0 Å². The number of primary amides is 1. The summed E-state index contributed by atoms with van der Waals surface area (Å²) in [5.41, 5.74) is 5.32. The minimum Gasteiger partial charge on any atom is -0.366 e. The Morgan fingerprint density at radius 1 is 1.36 bits per heavy atom. The minimum absolute atomic E-state index is 0. The standard InChI is InChI=1S/C14H21N3O3S.ClH/c1-14(5-7-16-8-6-14)10-17-21(19,20)12-4-2-3-11(9-12)13(15)18;/h2-4,9,16-17H,5-8,10H2,1H3,(H2,15,18);1H. The molecule has 0 unspecified atom stereocenters. The van der Waals surface area contributed by atoms with E-state index >= 15 is 0 Å². The molecule has 0 aliphatic carbocycles. The molecule has 1 aromatic rings. The van der Waals surface area contributed by atoms with Crippen molar-refractivity contribution in [3.8, 4) is 0 Å². The molecule has 1 aromatic carbocycles. The smallest absolute Gasteiger partial charge is 0.248 e. The monoisotopic (exact) mass is 347 g/mol. The van der Waals surface area contributed by atoms with E-state index in [0.29, 0.717) is 6.54 Å². The average molecular weight is 348 g/mol. The van der Waals surface area contributed by atoms with Gasteiger partial charge in [-0.05, 0) is 49.5 Å². The third-order valence-corrected chi connectivity index (χ3v) is 5.33. The van der Waals surface area contributed by atoms with Gasteiger partial charge in [-0.25, -0.2) is 13.1 Å². The third-order valence-electron chi connectivity index (χ3n) is 3.93. The number of carbonyl (C=O) groups is 1. The second kappa shape index (κ2) is 7.41. The largest absolute Gasteiger partial charge is 0.366 e. The van der Waals surface area contributed by atoms with Crippen LogP contribution in [-0.2, 0) is 10.0 Å². The van der Waals surface area contributed by atoms with Crippen LogP contribution in [0.5, 0.6) is 0 Å². The summed E-state index contributed by atoms with van der Waals surface area (Å²) in [6, 6.07) is 5.77. The highest BCUT2D eigenvalue weighted by Gasteiger charge is 2.28. The Kier molecular flexibility index (Phi) is 6.37. The number of sulfonamides is 1. The maximum atomic E-state index is 12.3. The van der Waals surface area contributed by atoms with E-state index in [1.54, 1.807) is 0 Å². The lowest BCUT2D eigenvalue weighted by Crippen LogP contribution is -2.42. The first-order valence-corrected chi connectivity index (χ1v) is 8.41. The second-order valence-electron chi connectivity index (χ2n) is 5.78. The van der Waals surface area contributed by atoms with Crippen LogP contribution in [0.3, 0.4) is 0 Å². The van der Waals surface area contributed by atoms with Crippen molar-refractivity contribution >= 4 is 28.3 Å². The molecule has 0 aromatic heterocycles. The molecule has 2 rings (SSSR count). The van der Waals surface area contributed by atoms with Crippen LogP contribution in [-0.4, -0.2) is 34.0 Å². The van der Waals surface area contributed by atoms with E-state index in [1.165, 1.54) is 24.3 Å². The highest BCUT2D eigenvalue weighted by Crippen LogP contribution is 2.27. The summed E-state index contributed by atoms with van der Waals surface area (Å²) in [7, 11) is -3.63. The van der Waals surface area contributed by atoms with E-state index in [4.69, 9.17) is 5.73 Å². The fraction of sp³-hybridized carbons (Fsp3) is 0.500. The highest BCUT2D eigenvalue weighted by molar-refractivity contribution is 7.89. The molecule has 4 N–H and O–H groups in total. The maximum absolute atomic E-state index is 12.3. The maximum Gasteiger partial charge on any atom is 0.248 e. The summed E-state index contributed by atoms with van der Waals surface area (Å²) in [5, 5.41) is 3.26. The second-order valence-corrected chi connectivity index (χ2v) is 7.54. The van der Waals surface area contributed by atoms with Gasteiger partial charge in [0.1, 0.15) is 0 Å². The molecule has 6 nitrogen and oxygen atoms in total. The number of benzene rings is 1. The SMILES string of the molecule is CC1(CNS(=O)(=O)c2cccc(C(N)=O)c2)CCNCC1.Cl. The van der Waals surface area contributed by atoms with Gasteiger partial charge in [0, 0.05) is 12.1 Å². The first-order chi connectivity index (χ1) is 9.82. The highest BCUT2D eigenvalue weighted by atomic mass is 35.5. The summed E-state index contributed by atoms with van der Waals surface area (Å²) in [5.74, 6) is -0.641. The van der Waals surface area contributed by atoms with Gasteiger partial charge < -0.3 is 11.1 Å². The van der Waals surface area contributed by atoms with Gasteiger partial charge in [-0.2, -0.15) is 0 Å². The topological polar surface area (TPSA) is 101 Å². The Balaban J connectivity index is 0.00000242. The van der Waals surface area contributed by atoms with Gasteiger partial charge >= 0.3 is 0 Å². The molecule has 124 valence electrons. The molecule has 1 aliphatic heterocycles. The predicted octanol–water partition coefficient (Wildman–Crippen LogP) is 0.875. The Bertz CT molecular complexity index is 628. The molecule has 22 heavy (non-hydrogen) atoms. The van der Waals surface area contributed by atoms with Gasteiger partial charge in [-0.1, -0.05) is 13.0 Å². The number of nitrogens with one attached hydrogen (secondary N) is 2. The number of hydrogen-bond acceptors (Lipinski definition) is 4. The van der Waals surface area contributed by atoms with Crippen LogP contribution in [0.15, 0.2) is 29.2 Å². The van der Waals surface area contributed by atoms with Gasteiger partial charge in [0.15, 0.2) is 0 Å². The Morgan fingerprint density at radius 3 is 2.59 bits per heavy atom. The van der Waals surface area contributed by atoms with Gasteiger partial charge in [0.2, 0.25) is 15.9 Å². The molecule has 1 saturated heterocycles. The number of hydrogen-bond donors (Lipinski definition) is 3. The van der Waals surface area contributed by atoms with Crippen LogP contribution in [0.4, 0.5) is 0 Å². The Hall–Kier alpha value is -1.15. The van der Waals surface area contributed by atoms with Gasteiger partial charge in [0.05, 0.1) is 4.90 Å². The minimum atomic E-state index is -3.63. The summed E-state index contributed by atoms with van der Waals surface area (Å²) in [4.78, 5) is 11.2. The van der Waals surface area contributed by atoms with Crippen molar-refractivity contribution in [2.24, 2.45) is 11.1 Å². The van der Waals surface area contributed by atoms with Crippen molar-refractivity contribution in [2.75, 3.05) is 19.6 Å². The van der Waals surface area contributed by atoms with E-state index in [2.05, 4.69) is 17.0 Å². The zero-order valence-corrected chi connectivity index (χ0v) is 14.1. The fourth-order valence-electron chi connectivity index (χ4n) is 2.38. The van der Waals surface area contributed by atoms with Gasteiger partial charge in [-0.3, -0.25) is 4.79 Å². The number of carbonyl (C=O) groups excluding carboxylic acids is 1. The van der Waals surface area contributed by atoms with E-state index in [9.17, 15) is 13.2 Å². The lowest BCUT2D eigenvalue weighted by Gasteiger charge is -2.34. The van der Waals surface area contributed by atoms with E-state index < -0.39 is 15.9 Å². The average Bonchev–Trinajstić information content (AvgIpc) is 2.46. The molecule has 0 saturated carbocycles. The Labute approximate surface area is 137 Å². The Morgan fingerprint density at radius 2 is 2.00 bits per heavy atom. The van der Waals surface area contributed by atoms with Crippen LogP contribution >= 0.6 is 12.4 Å². The summed E-state index contributed by atoms with van der Waals surface area (Å²) in [6.07, 6.45) is 1.85. The van der Waals surface area contributed by atoms with Crippen LogP contribution < -0.4 is 15.8 Å². The molecular formula is C14H22ClN3O3S. The lowest BCUT2D eigenvalue weighted by molar-refractivity contribution is 0.1000. The molecule has 0 atom stereocenters. The van der Waals surface area contributed by atoms with Crippen molar-refractivity contribution in [3.05, 3.63) is 29.8 Å². The number of piperidine rings is 1. The molecule has 0 bridgehead atoms. The van der Waals surface area contributed by atoms with E-state index in [-0.39, 0.29) is 28.3 Å². The van der Waals surface area contributed by atoms with Crippen LogP contribution in [0.1, 0.15) is 30.1 Å². The van der Waals surface area contributed by atoms with Crippen molar-refractivity contribution < 1.29 is 13.2 Å². The predicted molar refractivity (Wildman–Crippen MR) is 87.6 cm³/mol. The zero-order valence-electron chi connectivity index (χ0n) is 12.5. The summed E-state index contributed by atoms with van der Waals surface area (Å²) < 4.78 is 27.3. The number of nitrogens with two attached hydrogens (primary N) is 1. The zero-order chi connectivity index (χ0) is 15.5. The van der Waals surface area contributed by atoms with Gasteiger partial charge in [-0.15, -0.1) is 12.4 Å². The molecule has 8 heteroatoms. The van der Waals surface area contributed by atoms with E-state index in [0.717, 1.165) is 25.9 Å². The van der Waals surface area contributed by atoms with Crippen molar-refractivity contribution in [1.82, 2.24) is 10.0 Å². The number of rotatable bonds is 5. The third kappa shape index (κ3) is 4.67. The molecule has 0 spiro atoms. The molecular weight excluding hydrogens is 326 g/mol. The number of halogens is 1. The van der Waals surface area contributed by atoms with Gasteiger partial charge in [0.25, 0.3) is 0 Å². The van der Waals surface area contributed by atoms with Crippen molar-refractivity contribution in [2.45, 2.75) is 24.7 Å². The fourth-order valence-corrected chi connectivity index (χ4v) is 3.62. The van der Waals surface area contributed by atoms with Crippen molar-refractivity contribution in [1.29, 1.82) is 0 Å². The number of amides is 1. The molecule has 0 radical (unpaired) electrons. The first-order valence-electron chi connectivity index (χ1n) is 6.93. The van der Waals surface area contributed by atoms with Crippen LogP contribution in [0.2, 0.25) is 0 Å². The molecule has 1 aliphatic rings. The first kappa shape index (κ1) is 18.9. The molecule has 1 amide bonds. The van der Waals surface area contributed by atoms with Crippen molar-refractivity contribution in [3.63, 3.8) is 0 Å². The van der Waals surface area contributed by atoms with Crippen LogP contribution in [0, 0.1) is 5.41 Å². The lowest BCUT2D eigenvalue weighted by atomic mass is 9.81. The summed E-state index contributed by atoms with van der Waals surface area (Å²) in [6.45, 7) is 4.26. The normalized spacial score (nSPS) is 17.5. The molecule has 1 heterocycles. The summed E-state index contributed by atoms with van der Waals surface area (Å²) >= 11 is 0. The molecule has 1 fully saturated rings.